The maximum atomic E-state index is 14.6. The second-order valence-electron chi connectivity index (χ2n) is 10.1. The number of anilines is 2. The van der Waals surface area contributed by atoms with Gasteiger partial charge in [0.05, 0.1) is 17.6 Å². The molecule has 0 bridgehead atoms. The van der Waals surface area contributed by atoms with Gasteiger partial charge in [-0.2, -0.15) is 9.97 Å². The van der Waals surface area contributed by atoms with E-state index in [9.17, 15) is 4.39 Å². The zero-order valence-corrected chi connectivity index (χ0v) is 19.6. The van der Waals surface area contributed by atoms with Gasteiger partial charge in [0.2, 0.25) is 0 Å². The van der Waals surface area contributed by atoms with Crippen LogP contribution in [0.4, 0.5) is 15.9 Å². The molecule has 3 atom stereocenters. The fourth-order valence-electron chi connectivity index (χ4n) is 6.34. The summed E-state index contributed by atoms with van der Waals surface area (Å²) in [5, 5.41) is 3.14. The van der Waals surface area contributed by atoms with E-state index in [1.54, 1.807) is 18.3 Å². The minimum atomic E-state index is -0.273. The van der Waals surface area contributed by atoms with Crippen molar-refractivity contribution in [3.63, 3.8) is 0 Å². The van der Waals surface area contributed by atoms with Crippen molar-refractivity contribution in [2.75, 3.05) is 30.4 Å². The van der Waals surface area contributed by atoms with E-state index in [-0.39, 0.29) is 11.9 Å². The molecule has 8 heteroatoms. The normalized spacial score (nSPS) is 23.3. The molecule has 3 unspecified atom stereocenters. The SMILES string of the molecule is CNc1cc(F)cc2c1Cc1nc(Oc3cnc4c(c3)CC=C4)nc(N3CC4CCC(N)C4C3)c1-2. The molecular weight excluding hydrogens is 443 g/mol. The second-order valence-corrected chi connectivity index (χ2v) is 10.1. The quantitative estimate of drug-likeness (QED) is 0.463. The van der Waals surface area contributed by atoms with E-state index in [1.807, 2.05) is 19.2 Å². The smallest absolute Gasteiger partial charge is 0.324 e. The Hall–Kier alpha value is -3.52. The van der Waals surface area contributed by atoms with Crippen LogP contribution in [-0.4, -0.2) is 41.1 Å². The van der Waals surface area contributed by atoms with Crippen LogP contribution in [-0.2, 0) is 12.8 Å². The summed E-state index contributed by atoms with van der Waals surface area (Å²) in [7, 11) is 1.82. The lowest BCUT2D eigenvalue weighted by Crippen LogP contribution is -2.30. The van der Waals surface area contributed by atoms with Gasteiger partial charge in [0, 0.05) is 43.9 Å². The second kappa shape index (κ2) is 7.75. The average molecular weight is 471 g/mol. The lowest BCUT2D eigenvalue weighted by atomic mass is 9.98. The Morgan fingerprint density at radius 1 is 1.17 bits per heavy atom. The summed E-state index contributed by atoms with van der Waals surface area (Å²) in [6.45, 7) is 1.75. The Kier molecular flexibility index (Phi) is 4.61. The number of benzene rings is 1. The van der Waals surface area contributed by atoms with Gasteiger partial charge in [0.15, 0.2) is 0 Å². The third kappa shape index (κ3) is 3.31. The Labute approximate surface area is 203 Å². The Morgan fingerprint density at radius 2 is 2.09 bits per heavy atom. The molecule has 4 aliphatic rings. The van der Waals surface area contributed by atoms with Crippen LogP contribution in [0, 0.1) is 17.7 Å². The molecule has 0 radical (unpaired) electrons. The van der Waals surface area contributed by atoms with Gasteiger partial charge in [-0.15, -0.1) is 0 Å². The molecule has 2 aromatic heterocycles. The molecule has 2 fully saturated rings. The number of ether oxygens (including phenoxy) is 1. The van der Waals surface area contributed by atoms with Gasteiger partial charge in [0.1, 0.15) is 17.4 Å². The molecule has 3 aliphatic carbocycles. The van der Waals surface area contributed by atoms with Gasteiger partial charge >= 0.3 is 6.01 Å². The fraction of sp³-hybridized carbons (Fsp3) is 0.370. The van der Waals surface area contributed by atoms with Crippen LogP contribution in [0.15, 0.2) is 30.5 Å². The Morgan fingerprint density at radius 3 is 2.94 bits per heavy atom. The van der Waals surface area contributed by atoms with Gasteiger partial charge in [-0.1, -0.05) is 6.08 Å². The van der Waals surface area contributed by atoms with Gasteiger partial charge in [-0.05, 0) is 72.1 Å². The molecule has 1 aliphatic heterocycles. The van der Waals surface area contributed by atoms with Crippen molar-refractivity contribution in [1.29, 1.82) is 0 Å². The zero-order valence-electron chi connectivity index (χ0n) is 19.6. The van der Waals surface area contributed by atoms with Crippen molar-refractivity contribution in [1.82, 2.24) is 15.0 Å². The maximum absolute atomic E-state index is 14.6. The zero-order chi connectivity index (χ0) is 23.7. The van der Waals surface area contributed by atoms with Crippen molar-refractivity contribution in [3.05, 3.63) is 58.8 Å². The van der Waals surface area contributed by atoms with Crippen LogP contribution in [0.5, 0.6) is 11.8 Å². The van der Waals surface area contributed by atoms with Crippen molar-refractivity contribution in [2.45, 2.75) is 31.7 Å². The Bertz CT molecular complexity index is 1390. The molecule has 3 N–H and O–H groups in total. The highest BCUT2D eigenvalue weighted by Crippen LogP contribution is 2.48. The highest BCUT2D eigenvalue weighted by Gasteiger charge is 2.43. The average Bonchev–Trinajstić information content (AvgIpc) is 3.62. The van der Waals surface area contributed by atoms with Gasteiger partial charge in [-0.25, -0.2) is 4.39 Å². The van der Waals surface area contributed by atoms with E-state index < -0.39 is 0 Å². The molecule has 35 heavy (non-hydrogen) atoms. The molecule has 7 nitrogen and oxygen atoms in total. The minimum Gasteiger partial charge on any atom is -0.423 e. The van der Waals surface area contributed by atoms with Crippen molar-refractivity contribution in [2.24, 2.45) is 17.6 Å². The first kappa shape index (κ1) is 20.8. The molecule has 0 amide bonds. The van der Waals surface area contributed by atoms with Crippen LogP contribution >= 0.6 is 0 Å². The number of hydrogen-bond donors (Lipinski definition) is 2. The molecule has 178 valence electrons. The topological polar surface area (TPSA) is 89.2 Å². The third-order valence-electron chi connectivity index (χ3n) is 8.05. The largest absolute Gasteiger partial charge is 0.423 e. The molecule has 7 rings (SSSR count). The van der Waals surface area contributed by atoms with Crippen LogP contribution in [0.1, 0.15) is 35.4 Å². The van der Waals surface area contributed by atoms with Crippen LogP contribution < -0.4 is 20.7 Å². The predicted molar refractivity (Wildman–Crippen MR) is 133 cm³/mol. The molecule has 1 saturated heterocycles. The fourth-order valence-corrected chi connectivity index (χ4v) is 6.34. The van der Waals surface area contributed by atoms with Crippen LogP contribution in [0.25, 0.3) is 17.2 Å². The van der Waals surface area contributed by atoms with Gasteiger partial charge < -0.3 is 20.7 Å². The molecule has 3 heterocycles. The maximum Gasteiger partial charge on any atom is 0.324 e. The van der Waals surface area contributed by atoms with Gasteiger partial charge in [-0.3, -0.25) is 4.98 Å². The highest BCUT2D eigenvalue weighted by atomic mass is 19.1. The number of nitrogens with one attached hydrogen (secondary N) is 1. The first-order valence-corrected chi connectivity index (χ1v) is 12.3. The van der Waals surface area contributed by atoms with E-state index in [2.05, 4.69) is 21.3 Å². The Balaban J connectivity index is 1.32. The number of allylic oxidation sites excluding steroid dienone is 1. The summed E-state index contributed by atoms with van der Waals surface area (Å²) < 4.78 is 20.7. The van der Waals surface area contributed by atoms with Crippen LogP contribution in [0.2, 0.25) is 0 Å². The van der Waals surface area contributed by atoms with Crippen molar-refractivity contribution in [3.8, 4) is 22.9 Å². The van der Waals surface area contributed by atoms with E-state index in [0.717, 1.165) is 77.5 Å². The molecule has 1 aromatic carbocycles. The van der Waals surface area contributed by atoms with Crippen molar-refractivity contribution >= 4 is 17.6 Å². The third-order valence-corrected chi connectivity index (χ3v) is 8.05. The number of nitrogens with zero attached hydrogens (tertiary/aromatic N) is 4. The number of aromatic nitrogens is 3. The number of fused-ring (bicyclic) bond motifs is 5. The first-order chi connectivity index (χ1) is 17.1. The molecule has 3 aromatic rings. The lowest BCUT2D eigenvalue weighted by Gasteiger charge is -2.23. The summed E-state index contributed by atoms with van der Waals surface area (Å²) >= 11 is 0. The lowest BCUT2D eigenvalue weighted by molar-refractivity contribution is 0.437. The summed E-state index contributed by atoms with van der Waals surface area (Å²) in [6, 6.07) is 5.67. The standard InChI is InChI=1S/C27H27FN6O/c1-30-23-9-16(28)8-19-18(23)10-24-25(19)26(34-12-15-5-6-21(29)20(15)13-34)33-27(32-24)35-17-7-14-3-2-4-22(14)31-11-17/h2,4,7-9,11,15,20-21,30H,3,5-6,10,12-13,29H2,1H3. The predicted octanol–water partition coefficient (Wildman–Crippen LogP) is 4.16. The van der Waals surface area contributed by atoms with E-state index >= 15 is 0 Å². The summed E-state index contributed by atoms with van der Waals surface area (Å²) in [6.07, 6.45) is 9.50. The van der Waals surface area contributed by atoms with E-state index in [0.29, 0.717) is 30.0 Å². The highest BCUT2D eigenvalue weighted by molar-refractivity contribution is 5.88. The number of nitrogens with two attached hydrogens (primary N) is 1. The molecule has 0 spiro atoms. The van der Waals surface area contributed by atoms with Crippen molar-refractivity contribution < 1.29 is 9.13 Å². The number of pyridine rings is 1. The first-order valence-electron chi connectivity index (χ1n) is 12.3. The van der Waals surface area contributed by atoms with E-state index in [1.165, 1.54) is 0 Å². The van der Waals surface area contributed by atoms with Gasteiger partial charge in [0.25, 0.3) is 0 Å². The van der Waals surface area contributed by atoms with Crippen LogP contribution in [0.3, 0.4) is 0 Å². The molecule has 1 saturated carbocycles. The molecular formula is C27H27FN6O. The summed E-state index contributed by atoms with van der Waals surface area (Å²) in [4.78, 5) is 16.5. The monoisotopic (exact) mass is 470 g/mol. The number of hydrogen-bond acceptors (Lipinski definition) is 7. The summed E-state index contributed by atoms with van der Waals surface area (Å²) in [5.41, 5.74) is 13.0. The summed E-state index contributed by atoms with van der Waals surface area (Å²) in [5.74, 6) is 2.18. The number of halogens is 1. The van der Waals surface area contributed by atoms with E-state index in [4.69, 9.17) is 20.4 Å². The minimum absolute atomic E-state index is 0.224. The number of rotatable bonds is 4.